The number of nitrogens with zero attached hydrogens (tertiary/aromatic N) is 1. The Bertz CT molecular complexity index is 395. The molecule has 0 aliphatic heterocycles. The van der Waals surface area contributed by atoms with Crippen molar-refractivity contribution < 1.29 is 0 Å². The highest BCUT2D eigenvalue weighted by Gasteiger charge is 2.32. The molecule has 2 nitrogen and oxygen atoms in total. The normalized spacial score (nSPS) is 14.2. The van der Waals surface area contributed by atoms with Gasteiger partial charge in [-0.3, -0.25) is 0 Å². The Hall–Kier alpha value is -1.01. The average molecular weight is 281 g/mol. The van der Waals surface area contributed by atoms with Gasteiger partial charge in [-0.2, -0.15) is 5.26 Å². The van der Waals surface area contributed by atoms with Gasteiger partial charge in [-0.25, -0.2) is 0 Å². The summed E-state index contributed by atoms with van der Waals surface area (Å²) < 4.78 is 0.990. The number of nitrogens with one attached hydrogen (secondary N) is 1. The highest BCUT2D eigenvalue weighted by atomic mass is 79.9. The molecule has 0 heterocycles. The summed E-state index contributed by atoms with van der Waals surface area (Å²) in [6.45, 7) is 6.17. The summed E-state index contributed by atoms with van der Waals surface area (Å²) in [6.07, 6.45) is 0.780. The zero-order valence-electron chi connectivity index (χ0n) is 9.92. The Morgan fingerprint density at radius 3 is 2.50 bits per heavy atom. The summed E-state index contributed by atoms with van der Waals surface area (Å²) in [5.74, 6) is 0.259. The number of anilines is 1. The molecule has 0 aliphatic carbocycles. The fourth-order valence-corrected chi connectivity index (χ4v) is 2.06. The smallest absolute Gasteiger partial charge is 0.127 e. The van der Waals surface area contributed by atoms with Crippen LogP contribution < -0.4 is 5.32 Å². The Morgan fingerprint density at radius 2 is 2.06 bits per heavy atom. The molecule has 0 aromatic heterocycles. The van der Waals surface area contributed by atoms with E-state index in [1.165, 1.54) is 0 Å². The number of halogens is 1. The van der Waals surface area contributed by atoms with Gasteiger partial charge in [-0.1, -0.05) is 32.9 Å². The van der Waals surface area contributed by atoms with E-state index in [1.807, 2.05) is 31.2 Å². The molecule has 0 amide bonds. The lowest BCUT2D eigenvalue weighted by Crippen LogP contribution is -2.41. The minimum atomic E-state index is -0.496. The maximum absolute atomic E-state index is 9.37. The predicted molar refractivity (Wildman–Crippen MR) is 71.2 cm³/mol. The van der Waals surface area contributed by atoms with Crippen molar-refractivity contribution in [3.05, 3.63) is 28.7 Å². The molecule has 3 heteroatoms. The van der Waals surface area contributed by atoms with Gasteiger partial charge < -0.3 is 5.32 Å². The summed E-state index contributed by atoms with van der Waals surface area (Å²) in [6, 6.07) is 10.3. The van der Waals surface area contributed by atoms with E-state index in [1.54, 1.807) is 0 Å². The first-order valence-corrected chi connectivity index (χ1v) is 6.29. The fourth-order valence-electron chi connectivity index (χ4n) is 1.68. The van der Waals surface area contributed by atoms with E-state index in [4.69, 9.17) is 0 Å². The first kappa shape index (κ1) is 13.1. The van der Waals surface area contributed by atoms with Crippen LogP contribution in [0.3, 0.4) is 0 Å². The Balaban J connectivity index is 3.02. The molecule has 0 radical (unpaired) electrons. The van der Waals surface area contributed by atoms with Gasteiger partial charge in [0, 0.05) is 10.2 Å². The second-order valence-electron chi connectivity index (χ2n) is 4.20. The maximum Gasteiger partial charge on any atom is 0.127 e. The van der Waals surface area contributed by atoms with Crippen LogP contribution in [0.2, 0.25) is 0 Å². The Labute approximate surface area is 106 Å². The molecule has 1 aromatic carbocycles. The van der Waals surface area contributed by atoms with E-state index in [9.17, 15) is 5.26 Å². The van der Waals surface area contributed by atoms with Gasteiger partial charge in [0.15, 0.2) is 0 Å². The van der Waals surface area contributed by atoms with Crippen molar-refractivity contribution in [3.8, 4) is 6.07 Å². The highest BCUT2D eigenvalue weighted by Crippen LogP contribution is 2.30. The standard InChI is InChI=1S/C13H17BrN2/c1-4-13(9-15,10(2)3)16-12-8-6-5-7-11(12)14/h5-8,10,16H,4H2,1-3H3. The number of nitriles is 1. The van der Waals surface area contributed by atoms with Crippen molar-refractivity contribution in [1.82, 2.24) is 0 Å². The molecule has 0 saturated heterocycles. The molecule has 0 aliphatic rings. The quantitative estimate of drug-likeness (QED) is 0.898. The summed E-state index contributed by atoms with van der Waals surface area (Å²) in [4.78, 5) is 0. The van der Waals surface area contributed by atoms with E-state index in [0.29, 0.717) is 0 Å². The maximum atomic E-state index is 9.37. The molecular weight excluding hydrogens is 264 g/mol. The van der Waals surface area contributed by atoms with Gasteiger partial charge in [-0.05, 0) is 40.4 Å². The molecule has 0 fully saturated rings. The van der Waals surface area contributed by atoms with Crippen LogP contribution in [0.15, 0.2) is 28.7 Å². The molecule has 1 unspecified atom stereocenters. The number of hydrogen-bond acceptors (Lipinski definition) is 2. The molecule has 0 bridgehead atoms. The van der Waals surface area contributed by atoms with E-state index in [0.717, 1.165) is 16.6 Å². The highest BCUT2D eigenvalue weighted by molar-refractivity contribution is 9.10. The third-order valence-corrected chi connectivity index (χ3v) is 3.67. The second kappa shape index (κ2) is 5.36. The van der Waals surface area contributed by atoms with Crippen LogP contribution in [0.5, 0.6) is 0 Å². The zero-order valence-corrected chi connectivity index (χ0v) is 11.5. The lowest BCUT2D eigenvalue weighted by Gasteiger charge is -2.32. The molecule has 0 spiro atoms. The second-order valence-corrected chi connectivity index (χ2v) is 5.05. The van der Waals surface area contributed by atoms with E-state index < -0.39 is 5.54 Å². The van der Waals surface area contributed by atoms with Crippen LogP contribution in [-0.4, -0.2) is 5.54 Å². The summed E-state index contributed by atoms with van der Waals surface area (Å²) >= 11 is 3.48. The molecule has 1 N–H and O–H groups in total. The first-order valence-electron chi connectivity index (χ1n) is 5.49. The molecular formula is C13H17BrN2. The minimum absolute atomic E-state index is 0.259. The lowest BCUT2D eigenvalue weighted by molar-refractivity contribution is 0.416. The van der Waals surface area contributed by atoms with Gasteiger partial charge in [0.25, 0.3) is 0 Å². The topological polar surface area (TPSA) is 35.8 Å². The van der Waals surface area contributed by atoms with Crippen LogP contribution in [0.25, 0.3) is 0 Å². The number of para-hydroxylation sites is 1. The van der Waals surface area contributed by atoms with Crippen LogP contribution in [0.1, 0.15) is 27.2 Å². The SMILES string of the molecule is CCC(C#N)(Nc1ccccc1Br)C(C)C. The van der Waals surface area contributed by atoms with Crippen LogP contribution in [0.4, 0.5) is 5.69 Å². The van der Waals surface area contributed by atoms with Crippen LogP contribution in [0, 0.1) is 17.2 Å². The Kier molecular flexibility index (Phi) is 4.37. The summed E-state index contributed by atoms with van der Waals surface area (Å²) in [7, 11) is 0. The summed E-state index contributed by atoms with van der Waals surface area (Å²) in [5, 5.41) is 12.7. The fraction of sp³-hybridized carbons (Fsp3) is 0.462. The molecule has 0 saturated carbocycles. The van der Waals surface area contributed by atoms with Gasteiger partial charge in [0.1, 0.15) is 5.54 Å². The first-order chi connectivity index (χ1) is 7.55. The van der Waals surface area contributed by atoms with Gasteiger partial charge in [0.05, 0.1) is 6.07 Å². The van der Waals surface area contributed by atoms with Crippen molar-refractivity contribution >= 4 is 21.6 Å². The molecule has 16 heavy (non-hydrogen) atoms. The van der Waals surface area contributed by atoms with Crippen molar-refractivity contribution in [1.29, 1.82) is 5.26 Å². The largest absolute Gasteiger partial charge is 0.366 e. The van der Waals surface area contributed by atoms with Crippen molar-refractivity contribution in [2.24, 2.45) is 5.92 Å². The third-order valence-electron chi connectivity index (χ3n) is 2.97. The van der Waals surface area contributed by atoms with E-state index in [-0.39, 0.29) is 5.92 Å². The lowest BCUT2D eigenvalue weighted by atomic mass is 9.85. The monoisotopic (exact) mass is 280 g/mol. The zero-order chi connectivity index (χ0) is 12.2. The van der Waals surface area contributed by atoms with Crippen molar-refractivity contribution in [2.75, 3.05) is 5.32 Å². The van der Waals surface area contributed by atoms with Gasteiger partial charge >= 0.3 is 0 Å². The number of rotatable bonds is 4. The molecule has 86 valence electrons. The van der Waals surface area contributed by atoms with Crippen LogP contribution >= 0.6 is 15.9 Å². The molecule has 1 atom stereocenters. The van der Waals surface area contributed by atoms with Crippen molar-refractivity contribution in [3.63, 3.8) is 0 Å². The van der Waals surface area contributed by atoms with Crippen molar-refractivity contribution in [2.45, 2.75) is 32.7 Å². The predicted octanol–water partition coefficient (Wildman–Crippen LogP) is 4.19. The van der Waals surface area contributed by atoms with E-state index in [2.05, 4.69) is 41.2 Å². The van der Waals surface area contributed by atoms with E-state index >= 15 is 0 Å². The third kappa shape index (κ3) is 2.56. The minimum Gasteiger partial charge on any atom is -0.366 e. The van der Waals surface area contributed by atoms with Gasteiger partial charge in [-0.15, -0.1) is 0 Å². The molecule has 1 rings (SSSR count). The van der Waals surface area contributed by atoms with Crippen LogP contribution in [-0.2, 0) is 0 Å². The number of hydrogen-bond donors (Lipinski definition) is 1. The van der Waals surface area contributed by atoms with Gasteiger partial charge in [0.2, 0.25) is 0 Å². The Morgan fingerprint density at radius 1 is 1.44 bits per heavy atom. The molecule has 1 aromatic rings. The average Bonchev–Trinajstić information content (AvgIpc) is 2.28. The summed E-state index contributed by atoms with van der Waals surface area (Å²) in [5.41, 5.74) is 0.476. The number of benzene rings is 1.